The van der Waals surface area contributed by atoms with Crippen LogP contribution in [0.5, 0.6) is 5.75 Å². The Kier molecular flexibility index (Phi) is 4.79. The Balaban J connectivity index is 2.07. The molecule has 1 saturated heterocycles. The van der Waals surface area contributed by atoms with Crippen LogP contribution < -0.4 is 10.1 Å². The van der Waals surface area contributed by atoms with Crippen LogP contribution in [0.2, 0.25) is 0 Å². The summed E-state index contributed by atoms with van der Waals surface area (Å²) < 4.78 is 10.4. The van der Waals surface area contributed by atoms with Crippen molar-refractivity contribution in [3.8, 4) is 5.75 Å². The summed E-state index contributed by atoms with van der Waals surface area (Å²) in [5.74, 6) is 0.837. The molecule has 6 heteroatoms. The van der Waals surface area contributed by atoms with Crippen molar-refractivity contribution in [3.05, 3.63) is 28.3 Å². The van der Waals surface area contributed by atoms with Crippen molar-refractivity contribution in [3.63, 3.8) is 0 Å². The molecule has 0 bridgehead atoms. The zero-order valence-electron chi connectivity index (χ0n) is 11.8. The molecule has 0 saturated carbocycles. The molecule has 0 spiro atoms. The van der Waals surface area contributed by atoms with Gasteiger partial charge in [0.25, 0.3) is 0 Å². The molecule has 0 aliphatic carbocycles. The minimum Gasteiger partial charge on any atom is -0.490 e. The number of nitro benzene ring substituents is 1. The van der Waals surface area contributed by atoms with E-state index in [1.807, 2.05) is 0 Å². The third kappa shape index (κ3) is 3.39. The Morgan fingerprint density at radius 3 is 2.75 bits per heavy atom. The summed E-state index contributed by atoms with van der Waals surface area (Å²) in [7, 11) is 1.44. The largest absolute Gasteiger partial charge is 0.490 e. The fourth-order valence-electron chi connectivity index (χ4n) is 2.51. The van der Waals surface area contributed by atoms with Crippen LogP contribution in [0.25, 0.3) is 0 Å². The Hall–Kier alpha value is -1.82. The molecule has 0 aromatic heterocycles. The van der Waals surface area contributed by atoms with Gasteiger partial charge in [0.2, 0.25) is 0 Å². The number of benzene rings is 1. The van der Waals surface area contributed by atoms with Crippen LogP contribution in [0.1, 0.15) is 19.8 Å². The van der Waals surface area contributed by atoms with E-state index in [0.717, 1.165) is 31.7 Å². The molecular formula is C14H20N2O4. The van der Waals surface area contributed by atoms with E-state index in [9.17, 15) is 10.1 Å². The van der Waals surface area contributed by atoms with Crippen LogP contribution >= 0.6 is 0 Å². The Bertz CT molecular complexity index is 472. The van der Waals surface area contributed by atoms with Gasteiger partial charge in [-0.05, 0) is 31.7 Å². The van der Waals surface area contributed by atoms with E-state index in [-0.39, 0.29) is 11.4 Å². The molecule has 1 aromatic carbocycles. The lowest BCUT2D eigenvalue weighted by molar-refractivity contribution is -0.385. The summed E-state index contributed by atoms with van der Waals surface area (Å²) in [6.07, 6.45) is 2.08. The lowest BCUT2D eigenvalue weighted by Gasteiger charge is -2.29. The van der Waals surface area contributed by atoms with Gasteiger partial charge < -0.3 is 14.8 Å². The first-order valence-corrected chi connectivity index (χ1v) is 6.78. The summed E-state index contributed by atoms with van der Waals surface area (Å²) in [5.41, 5.74) is 0.822. The van der Waals surface area contributed by atoms with Crippen LogP contribution in [0.3, 0.4) is 0 Å². The summed E-state index contributed by atoms with van der Waals surface area (Å²) in [6, 6.07) is 5.16. The molecule has 1 atom stereocenters. The number of anilines is 1. The number of nitrogens with zero attached hydrogens (tertiary/aromatic N) is 1. The lowest BCUT2D eigenvalue weighted by Crippen LogP contribution is -2.30. The van der Waals surface area contributed by atoms with Gasteiger partial charge in [-0.25, -0.2) is 0 Å². The summed E-state index contributed by atoms with van der Waals surface area (Å²) in [5, 5.41) is 14.2. The van der Waals surface area contributed by atoms with Crippen molar-refractivity contribution in [2.24, 2.45) is 5.92 Å². The average molecular weight is 280 g/mol. The number of hydrogen-bond acceptors (Lipinski definition) is 5. The number of ether oxygens (including phenoxy) is 2. The van der Waals surface area contributed by atoms with Crippen LogP contribution in [0, 0.1) is 16.0 Å². The van der Waals surface area contributed by atoms with E-state index in [1.54, 1.807) is 12.1 Å². The van der Waals surface area contributed by atoms with E-state index >= 15 is 0 Å². The molecule has 20 heavy (non-hydrogen) atoms. The fraction of sp³-hybridized carbons (Fsp3) is 0.571. The highest BCUT2D eigenvalue weighted by molar-refractivity contribution is 5.58. The molecule has 110 valence electrons. The Morgan fingerprint density at radius 2 is 2.15 bits per heavy atom. The van der Waals surface area contributed by atoms with Crippen LogP contribution in [-0.4, -0.2) is 31.3 Å². The highest BCUT2D eigenvalue weighted by Crippen LogP contribution is 2.31. The molecule has 0 radical (unpaired) electrons. The monoisotopic (exact) mass is 280 g/mol. The quantitative estimate of drug-likeness (QED) is 0.663. The highest BCUT2D eigenvalue weighted by Gasteiger charge is 2.21. The van der Waals surface area contributed by atoms with Gasteiger partial charge in [0.05, 0.1) is 12.0 Å². The zero-order chi connectivity index (χ0) is 14.5. The molecule has 1 aromatic rings. The van der Waals surface area contributed by atoms with Crippen molar-refractivity contribution < 1.29 is 14.4 Å². The molecule has 1 heterocycles. The third-order valence-corrected chi connectivity index (χ3v) is 3.74. The first kappa shape index (κ1) is 14.6. The molecule has 6 nitrogen and oxygen atoms in total. The van der Waals surface area contributed by atoms with E-state index in [4.69, 9.17) is 9.47 Å². The smallest absolute Gasteiger partial charge is 0.311 e. The molecule has 1 unspecified atom stereocenters. The number of rotatable bonds is 5. The minimum absolute atomic E-state index is 0.0169. The van der Waals surface area contributed by atoms with Crippen molar-refractivity contribution >= 4 is 11.4 Å². The number of nitrogens with one attached hydrogen (secondary N) is 1. The average Bonchev–Trinajstić information content (AvgIpc) is 2.47. The first-order valence-electron chi connectivity index (χ1n) is 6.78. The molecule has 1 aliphatic heterocycles. The maximum absolute atomic E-state index is 10.9. The second-order valence-corrected chi connectivity index (χ2v) is 5.03. The van der Waals surface area contributed by atoms with Gasteiger partial charge in [-0.1, -0.05) is 0 Å². The normalized spacial score (nSPS) is 17.5. The van der Waals surface area contributed by atoms with E-state index < -0.39 is 4.92 Å². The maximum Gasteiger partial charge on any atom is 0.311 e. The lowest BCUT2D eigenvalue weighted by atomic mass is 9.93. The Morgan fingerprint density at radius 1 is 1.45 bits per heavy atom. The van der Waals surface area contributed by atoms with Crippen LogP contribution in [0.15, 0.2) is 18.2 Å². The van der Waals surface area contributed by atoms with E-state index in [2.05, 4.69) is 12.2 Å². The zero-order valence-corrected chi connectivity index (χ0v) is 11.8. The highest BCUT2D eigenvalue weighted by atomic mass is 16.6. The molecule has 0 amide bonds. The number of nitro groups is 1. The van der Waals surface area contributed by atoms with Crippen molar-refractivity contribution in [2.75, 3.05) is 25.6 Å². The van der Waals surface area contributed by atoms with E-state index in [1.165, 1.54) is 13.2 Å². The van der Waals surface area contributed by atoms with Gasteiger partial charge in [0.1, 0.15) is 0 Å². The summed E-state index contributed by atoms with van der Waals surface area (Å²) in [4.78, 5) is 10.4. The predicted octanol–water partition coefficient (Wildman–Crippen LogP) is 2.83. The van der Waals surface area contributed by atoms with Gasteiger partial charge in [0, 0.05) is 37.1 Å². The van der Waals surface area contributed by atoms with Gasteiger partial charge in [-0.15, -0.1) is 0 Å². The summed E-state index contributed by atoms with van der Waals surface area (Å²) >= 11 is 0. The number of hydrogen-bond donors (Lipinski definition) is 1. The third-order valence-electron chi connectivity index (χ3n) is 3.74. The minimum atomic E-state index is -0.440. The predicted molar refractivity (Wildman–Crippen MR) is 76.3 cm³/mol. The van der Waals surface area contributed by atoms with Crippen molar-refractivity contribution in [1.29, 1.82) is 0 Å². The molecule has 1 aliphatic rings. The molecule has 2 rings (SSSR count). The fourth-order valence-corrected chi connectivity index (χ4v) is 2.51. The molecular weight excluding hydrogens is 260 g/mol. The Labute approximate surface area is 118 Å². The summed E-state index contributed by atoms with van der Waals surface area (Å²) in [6.45, 7) is 3.74. The first-order chi connectivity index (χ1) is 9.61. The van der Waals surface area contributed by atoms with Gasteiger partial charge in [-0.2, -0.15) is 0 Å². The molecule has 1 N–H and O–H groups in total. The van der Waals surface area contributed by atoms with Crippen LogP contribution in [-0.2, 0) is 4.74 Å². The van der Waals surface area contributed by atoms with Gasteiger partial charge >= 0.3 is 5.69 Å². The van der Waals surface area contributed by atoms with E-state index in [0.29, 0.717) is 12.0 Å². The maximum atomic E-state index is 10.9. The standard InChI is InChI=1S/C14H20N2O4/c1-10(11-5-7-20-8-6-11)15-12-3-4-13(16(17)18)14(9-12)19-2/h3-4,9-11,15H,5-8H2,1-2H3. The van der Waals surface area contributed by atoms with Crippen LogP contribution in [0.4, 0.5) is 11.4 Å². The van der Waals surface area contributed by atoms with Gasteiger partial charge in [-0.3, -0.25) is 10.1 Å². The van der Waals surface area contributed by atoms with Gasteiger partial charge in [0.15, 0.2) is 5.75 Å². The second-order valence-electron chi connectivity index (χ2n) is 5.03. The molecule has 1 fully saturated rings. The van der Waals surface area contributed by atoms with Crippen molar-refractivity contribution in [2.45, 2.75) is 25.8 Å². The topological polar surface area (TPSA) is 73.6 Å². The number of methoxy groups -OCH3 is 1. The second kappa shape index (κ2) is 6.56. The van der Waals surface area contributed by atoms with Crippen molar-refractivity contribution in [1.82, 2.24) is 0 Å². The SMILES string of the molecule is COc1cc(NC(C)C2CCOCC2)ccc1[N+](=O)[O-].